The van der Waals surface area contributed by atoms with Gasteiger partial charge in [-0.1, -0.05) is 18.2 Å². The van der Waals surface area contributed by atoms with Gasteiger partial charge in [0.15, 0.2) is 11.5 Å². The Labute approximate surface area is 219 Å². The lowest BCUT2D eigenvalue weighted by Crippen LogP contribution is -2.46. The zero-order valence-electron chi connectivity index (χ0n) is 20.4. The number of rotatable bonds is 3. The Morgan fingerprint density at radius 3 is 2.85 bits per heavy atom. The van der Waals surface area contributed by atoms with Crippen LogP contribution in [0.4, 0.5) is 15.9 Å². The van der Waals surface area contributed by atoms with Crippen LogP contribution in [0.15, 0.2) is 55.1 Å². The molecule has 2 aromatic carbocycles. The molecule has 12 heteroatoms. The highest BCUT2D eigenvalue weighted by molar-refractivity contribution is 6.16. The molecule has 0 fully saturated rings. The number of nitrogens with zero attached hydrogens (tertiary/aromatic N) is 7. The molecule has 0 radical (unpaired) electrons. The van der Waals surface area contributed by atoms with Crippen LogP contribution in [-0.2, 0) is 21.5 Å². The van der Waals surface area contributed by atoms with Gasteiger partial charge in [0, 0.05) is 17.7 Å². The minimum atomic E-state index is -1.53. The molecule has 7 rings (SSSR count). The fourth-order valence-electron chi connectivity index (χ4n) is 5.77. The lowest BCUT2D eigenvalue weighted by Gasteiger charge is -2.33. The Morgan fingerprint density at radius 1 is 1.15 bits per heavy atom. The van der Waals surface area contributed by atoms with Crippen molar-refractivity contribution in [3.8, 4) is 11.9 Å². The maximum absolute atomic E-state index is 14.8. The van der Waals surface area contributed by atoms with Crippen molar-refractivity contribution in [2.24, 2.45) is 0 Å². The second kappa shape index (κ2) is 8.03. The molecule has 39 heavy (non-hydrogen) atoms. The first kappa shape index (κ1) is 22.7. The fraction of sp³-hybridized carbons (Fsp3) is 0.148. The predicted octanol–water partition coefficient (Wildman–Crippen LogP) is 3.03. The van der Waals surface area contributed by atoms with Gasteiger partial charge in [-0.2, -0.15) is 15.0 Å². The van der Waals surface area contributed by atoms with E-state index in [1.807, 2.05) is 0 Å². The van der Waals surface area contributed by atoms with Gasteiger partial charge in [0.2, 0.25) is 11.8 Å². The molecule has 5 aromatic rings. The van der Waals surface area contributed by atoms with Gasteiger partial charge < -0.3 is 15.2 Å². The number of carbonyl (C=O) groups excluding carboxylic acids is 2. The van der Waals surface area contributed by atoms with Crippen LogP contribution >= 0.6 is 0 Å². The molecule has 190 valence electrons. The van der Waals surface area contributed by atoms with Crippen molar-refractivity contribution in [3.05, 3.63) is 88.9 Å². The largest absolute Gasteiger partial charge is 0.340 e. The van der Waals surface area contributed by atoms with E-state index in [0.717, 1.165) is 0 Å². The molecule has 0 aliphatic carbocycles. The molecular formula is C27H18FN9O2. The highest BCUT2D eigenvalue weighted by Gasteiger charge is 2.58. The molecule has 0 saturated carbocycles. The van der Waals surface area contributed by atoms with Crippen molar-refractivity contribution in [2.75, 3.05) is 10.2 Å². The highest BCUT2D eigenvalue weighted by atomic mass is 19.1. The monoisotopic (exact) mass is 519 g/mol. The Bertz CT molecular complexity index is 1900. The van der Waals surface area contributed by atoms with Gasteiger partial charge in [0.1, 0.15) is 28.9 Å². The van der Waals surface area contributed by atoms with E-state index in [0.29, 0.717) is 50.6 Å². The molecule has 2 amide bonds. The number of aryl methyl sites for hydroxylation is 1. The third-order valence-corrected chi connectivity index (χ3v) is 7.36. The summed E-state index contributed by atoms with van der Waals surface area (Å²) in [4.78, 5) is 45.0. The number of carbonyl (C=O) groups is 2. The van der Waals surface area contributed by atoms with Crippen LogP contribution in [0.2, 0.25) is 0 Å². The lowest BCUT2D eigenvalue weighted by molar-refractivity contribution is -0.126. The number of hydrogen-bond acceptors (Lipinski definition) is 7. The molecule has 5 heterocycles. The maximum atomic E-state index is 14.8. The molecule has 11 nitrogen and oxygen atoms in total. The van der Waals surface area contributed by atoms with Crippen LogP contribution in [0.3, 0.4) is 0 Å². The number of H-pyrrole nitrogens is 1. The minimum Gasteiger partial charge on any atom is -0.340 e. The van der Waals surface area contributed by atoms with E-state index in [-0.39, 0.29) is 18.8 Å². The topological polar surface area (TPSA) is 145 Å². The Balaban J connectivity index is 1.47. The van der Waals surface area contributed by atoms with E-state index in [2.05, 4.69) is 36.4 Å². The zero-order chi connectivity index (χ0) is 26.9. The van der Waals surface area contributed by atoms with Crippen molar-refractivity contribution in [1.29, 1.82) is 5.26 Å². The van der Waals surface area contributed by atoms with Gasteiger partial charge >= 0.3 is 0 Å². The number of amides is 2. The number of nitriles is 1. The van der Waals surface area contributed by atoms with Crippen LogP contribution < -0.4 is 10.2 Å². The number of aromatic amines is 1. The van der Waals surface area contributed by atoms with Crippen molar-refractivity contribution in [2.45, 2.75) is 25.3 Å². The summed E-state index contributed by atoms with van der Waals surface area (Å²) in [6, 6.07) is 13.3. The zero-order valence-corrected chi connectivity index (χ0v) is 20.4. The van der Waals surface area contributed by atoms with Crippen LogP contribution in [0.5, 0.6) is 0 Å². The van der Waals surface area contributed by atoms with Crippen molar-refractivity contribution >= 4 is 34.5 Å². The summed E-state index contributed by atoms with van der Waals surface area (Å²) in [5, 5.41) is 17.2. The van der Waals surface area contributed by atoms with Crippen LogP contribution in [0.1, 0.15) is 34.4 Å². The van der Waals surface area contributed by atoms with Gasteiger partial charge in [0.05, 0.1) is 30.2 Å². The predicted molar refractivity (Wildman–Crippen MR) is 136 cm³/mol. The average molecular weight is 520 g/mol. The smallest absolute Gasteiger partial charge is 0.243 e. The van der Waals surface area contributed by atoms with Gasteiger partial charge in [-0.25, -0.2) is 19.3 Å². The number of fused-ring (bicyclic) bond motifs is 5. The number of hydrogen-bond donors (Lipinski definition) is 2. The molecule has 1 spiro atoms. The SMILES string of the molecule is Cc1nn(-c2ncnc3nc[nH]c23)c2c1[C@]1(CC(=O)N2)C(=O)N(Cc2ccccc2C#N)c2ccc(F)cc21. The molecule has 2 N–H and O–H groups in total. The molecule has 1 atom stereocenters. The lowest BCUT2D eigenvalue weighted by atomic mass is 9.70. The molecule has 3 aromatic heterocycles. The minimum absolute atomic E-state index is 0.0771. The number of imidazole rings is 1. The maximum Gasteiger partial charge on any atom is 0.243 e. The molecular weight excluding hydrogens is 501 g/mol. The average Bonchev–Trinajstić information content (AvgIpc) is 3.60. The third kappa shape index (κ3) is 3.07. The summed E-state index contributed by atoms with van der Waals surface area (Å²) in [5.74, 6) is -0.761. The normalized spacial score (nSPS) is 17.8. The van der Waals surface area contributed by atoms with E-state index >= 15 is 0 Å². The van der Waals surface area contributed by atoms with Crippen LogP contribution in [0.25, 0.3) is 17.0 Å². The van der Waals surface area contributed by atoms with E-state index in [1.54, 1.807) is 31.2 Å². The summed E-state index contributed by atoms with van der Waals surface area (Å²) in [7, 11) is 0. The molecule has 0 unspecified atom stereocenters. The second-order valence-electron chi connectivity index (χ2n) is 9.47. The van der Waals surface area contributed by atoms with Gasteiger partial charge in [-0.15, -0.1) is 0 Å². The van der Waals surface area contributed by atoms with Gasteiger partial charge in [-0.3, -0.25) is 9.59 Å². The summed E-state index contributed by atoms with van der Waals surface area (Å²) in [6.07, 6.45) is 2.58. The Morgan fingerprint density at radius 2 is 2.00 bits per heavy atom. The summed E-state index contributed by atoms with van der Waals surface area (Å²) in [6.45, 7) is 1.81. The van der Waals surface area contributed by atoms with E-state index in [4.69, 9.17) is 0 Å². The molecule has 2 aliphatic heterocycles. The molecule has 0 saturated heterocycles. The second-order valence-corrected chi connectivity index (χ2v) is 9.47. The summed E-state index contributed by atoms with van der Waals surface area (Å²) >= 11 is 0. The fourth-order valence-corrected chi connectivity index (χ4v) is 5.77. The first-order valence-electron chi connectivity index (χ1n) is 12.1. The van der Waals surface area contributed by atoms with E-state index < -0.39 is 23.0 Å². The third-order valence-electron chi connectivity index (χ3n) is 7.36. The van der Waals surface area contributed by atoms with Crippen molar-refractivity contribution < 1.29 is 14.0 Å². The Kier molecular flexibility index (Phi) is 4.68. The first-order valence-corrected chi connectivity index (χ1v) is 12.1. The quantitative estimate of drug-likeness (QED) is 0.373. The van der Waals surface area contributed by atoms with Crippen LogP contribution in [-0.4, -0.2) is 41.5 Å². The van der Waals surface area contributed by atoms with Crippen molar-refractivity contribution in [1.82, 2.24) is 29.7 Å². The van der Waals surface area contributed by atoms with Crippen LogP contribution in [0, 0.1) is 24.1 Å². The summed E-state index contributed by atoms with van der Waals surface area (Å²) < 4.78 is 16.2. The number of halogens is 1. The number of anilines is 2. The summed E-state index contributed by atoms with van der Waals surface area (Å²) in [5.41, 5.74) is 2.21. The highest BCUT2D eigenvalue weighted by Crippen LogP contribution is 2.54. The number of nitrogens with one attached hydrogen (secondary N) is 2. The molecule has 0 bridgehead atoms. The number of aromatic nitrogens is 6. The van der Waals surface area contributed by atoms with E-state index in [1.165, 1.54) is 40.4 Å². The van der Waals surface area contributed by atoms with E-state index in [9.17, 15) is 19.2 Å². The van der Waals surface area contributed by atoms with Gasteiger partial charge in [0.25, 0.3) is 0 Å². The van der Waals surface area contributed by atoms with Gasteiger partial charge in [-0.05, 0) is 42.3 Å². The first-order chi connectivity index (χ1) is 18.9. The number of benzene rings is 2. The van der Waals surface area contributed by atoms with Crippen molar-refractivity contribution in [3.63, 3.8) is 0 Å². The standard InChI is InChI=1S/C27H18FN9O2/c1-14-21-24(37(35-14)25-22-23(31-12-30-22)32-13-33-25)34-20(38)9-27(21)18-8-17(28)6-7-19(18)36(26(27)39)11-16-5-3-2-4-15(16)10-29/h2-8,12-13H,9,11H2,1H3,(H,34,38)(H,30,31,32,33)/t27-/m1/s1. The molecule has 2 aliphatic rings. The Hall–Kier alpha value is -5.44.